The van der Waals surface area contributed by atoms with Gasteiger partial charge in [-0.1, -0.05) is 0 Å². The van der Waals surface area contributed by atoms with Crippen molar-refractivity contribution in [2.75, 3.05) is 5.75 Å². The largest absolute Gasteiger partial charge is 0.480 e. The molecule has 0 aliphatic heterocycles. The van der Waals surface area contributed by atoms with Gasteiger partial charge in [0.15, 0.2) is 0 Å². The maximum Gasteiger partial charge on any atom is 0.321 e. The Hall–Kier alpha value is -1.01. The van der Waals surface area contributed by atoms with Crippen LogP contribution in [0.1, 0.15) is 12.6 Å². The van der Waals surface area contributed by atoms with Gasteiger partial charge in [-0.2, -0.15) is 11.8 Å². The zero-order valence-corrected chi connectivity index (χ0v) is 9.41. The molecule has 1 aromatic rings. The van der Waals surface area contributed by atoms with E-state index < -0.39 is 12.0 Å². The topological polar surface area (TPSA) is 81.1 Å². The van der Waals surface area contributed by atoms with Gasteiger partial charge in [0.05, 0.1) is 6.33 Å². The van der Waals surface area contributed by atoms with Gasteiger partial charge < -0.3 is 15.4 Å². The molecule has 5 nitrogen and oxygen atoms in total. The molecule has 1 unspecified atom stereocenters. The molecule has 1 heterocycles. The Bertz CT molecular complexity index is 327. The van der Waals surface area contributed by atoms with E-state index in [9.17, 15) is 4.79 Å². The van der Waals surface area contributed by atoms with E-state index in [1.165, 1.54) is 11.8 Å². The lowest BCUT2D eigenvalue weighted by Crippen LogP contribution is -2.32. The summed E-state index contributed by atoms with van der Waals surface area (Å²) in [5, 5.41) is 8.58. The number of aromatic nitrogens is 2. The van der Waals surface area contributed by atoms with Crippen LogP contribution in [0.4, 0.5) is 0 Å². The number of hydrogen-bond donors (Lipinski definition) is 2. The van der Waals surface area contributed by atoms with Crippen LogP contribution in [-0.2, 0) is 17.1 Å². The Morgan fingerprint density at radius 2 is 2.53 bits per heavy atom. The van der Waals surface area contributed by atoms with Crippen LogP contribution in [0.15, 0.2) is 12.5 Å². The van der Waals surface area contributed by atoms with Gasteiger partial charge in [-0.25, -0.2) is 4.98 Å². The number of aryl methyl sites for hydroxylation is 1. The van der Waals surface area contributed by atoms with E-state index in [1.54, 1.807) is 12.5 Å². The third kappa shape index (κ3) is 3.56. The average molecular weight is 229 g/mol. The molecule has 0 saturated heterocycles. The first kappa shape index (κ1) is 12.1. The molecule has 0 amide bonds. The lowest BCUT2D eigenvalue weighted by atomic mass is 10.4. The summed E-state index contributed by atoms with van der Waals surface area (Å²) in [6.07, 6.45) is 3.57. The molecule has 0 spiro atoms. The first-order valence-electron chi connectivity index (χ1n) is 4.70. The molecule has 1 rings (SSSR count). The van der Waals surface area contributed by atoms with Gasteiger partial charge in [-0.15, -0.1) is 0 Å². The molecular weight excluding hydrogens is 214 g/mol. The summed E-state index contributed by atoms with van der Waals surface area (Å²) in [5.41, 5.74) is 6.48. The molecule has 6 heteroatoms. The fourth-order valence-electron chi connectivity index (χ4n) is 1.11. The second-order valence-electron chi connectivity index (χ2n) is 3.13. The molecular formula is C9H15N3O2S. The second kappa shape index (κ2) is 5.77. The Balaban J connectivity index is 2.34. The zero-order valence-electron chi connectivity index (χ0n) is 8.59. The molecule has 0 aliphatic carbocycles. The maximum absolute atomic E-state index is 10.5. The van der Waals surface area contributed by atoms with Gasteiger partial charge in [0.25, 0.3) is 0 Å². The molecule has 0 radical (unpaired) electrons. The first-order chi connectivity index (χ1) is 7.15. The van der Waals surface area contributed by atoms with Crippen molar-refractivity contribution >= 4 is 17.7 Å². The van der Waals surface area contributed by atoms with Crippen LogP contribution in [0.2, 0.25) is 0 Å². The molecule has 0 aromatic carbocycles. The Kier molecular flexibility index (Phi) is 4.64. The number of rotatable bonds is 6. The van der Waals surface area contributed by atoms with Crippen molar-refractivity contribution in [3.05, 3.63) is 18.2 Å². The van der Waals surface area contributed by atoms with Crippen molar-refractivity contribution in [2.45, 2.75) is 25.3 Å². The molecule has 1 aromatic heterocycles. The first-order valence-corrected chi connectivity index (χ1v) is 5.85. The molecule has 15 heavy (non-hydrogen) atoms. The molecule has 0 aliphatic rings. The van der Waals surface area contributed by atoms with Crippen LogP contribution in [0.5, 0.6) is 0 Å². The summed E-state index contributed by atoms with van der Waals surface area (Å²) in [7, 11) is 0. The van der Waals surface area contributed by atoms with Crippen molar-refractivity contribution in [1.29, 1.82) is 0 Å². The number of imidazole rings is 1. The molecule has 0 saturated carbocycles. The fraction of sp³-hybridized carbons (Fsp3) is 0.556. The Morgan fingerprint density at radius 3 is 3.13 bits per heavy atom. The lowest BCUT2D eigenvalue weighted by Gasteiger charge is -2.07. The van der Waals surface area contributed by atoms with Crippen molar-refractivity contribution in [3.8, 4) is 0 Å². The van der Waals surface area contributed by atoms with Crippen LogP contribution < -0.4 is 5.73 Å². The van der Waals surface area contributed by atoms with Gasteiger partial charge in [-0.3, -0.25) is 4.79 Å². The Labute approximate surface area is 92.7 Å². The molecule has 0 bridgehead atoms. The summed E-state index contributed by atoms with van der Waals surface area (Å²) in [6, 6.07) is -0.784. The number of carboxylic acids is 1. The van der Waals surface area contributed by atoms with Crippen LogP contribution >= 0.6 is 11.8 Å². The highest BCUT2D eigenvalue weighted by atomic mass is 32.2. The highest BCUT2D eigenvalue weighted by Gasteiger charge is 2.11. The molecule has 1 atom stereocenters. The number of carbonyl (C=O) groups is 1. The highest BCUT2D eigenvalue weighted by molar-refractivity contribution is 7.98. The van der Waals surface area contributed by atoms with Crippen molar-refractivity contribution < 1.29 is 9.90 Å². The SMILES string of the molecule is CCn1cncc1CSCC(N)C(=O)O. The monoisotopic (exact) mass is 229 g/mol. The number of hydrogen-bond acceptors (Lipinski definition) is 4. The third-order valence-corrected chi connectivity index (χ3v) is 3.10. The summed E-state index contributed by atoms with van der Waals surface area (Å²) < 4.78 is 2.03. The number of thioether (sulfide) groups is 1. The maximum atomic E-state index is 10.5. The third-order valence-electron chi connectivity index (χ3n) is 2.00. The van der Waals surface area contributed by atoms with Crippen LogP contribution in [0.3, 0.4) is 0 Å². The van der Waals surface area contributed by atoms with Crippen molar-refractivity contribution in [3.63, 3.8) is 0 Å². The summed E-state index contributed by atoms with van der Waals surface area (Å²) in [5.74, 6) is 0.213. The minimum atomic E-state index is -0.952. The standard InChI is InChI=1S/C9H15N3O2S/c1-2-12-6-11-3-7(12)4-15-5-8(10)9(13)14/h3,6,8H,2,4-5,10H2,1H3,(H,13,14). The van der Waals surface area contributed by atoms with Crippen LogP contribution in [0, 0.1) is 0 Å². The van der Waals surface area contributed by atoms with E-state index in [2.05, 4.69) is 4.98 Å². The van der Waals surface area contributed by atoms with E-state index in [0.717, 1.165) is 18.0 Å². The number of nitrogens with two attached hydrogens (primary N) is 1. The minimum absolute atomic E-state index is 0.421. The smallest absolute Gasteiger partial charge is 0.321 e. The van der Waals surface area contributed by atoms with Gasteiger partial charge >= 0.3 is 5.97 Å². The lowest BCUT2D eigenvalue weighted by molar-refractivity contribution is -0.137. The highest BCUT2D eigenvalue weighted by Crippen LogP contribution is 2.12. The second-order valence-corrected chi connectivity index (χ2v) is 4.16. The molecule has 0 fully saturated rings. The molecule has 3 N–H and O–H groups in total. The molecule has 84 valence electrons. The predicted molar refractivity (Wildman–Crippen MR) is 59.7 cm³/mol. The Morgan fingerprint density at radius 1 is 1.80 bits per heavy atom. The van der Waals surface area contributed by atoms with Gasteiger partial charge in [-0.05, 0) is 6.92 Å². The van der Waals surface area contributed by atoms with E-state index in [-0.39, 0.29) is 0 Å². The van der Waals surface area contributed by atoms with Crippen LogP contribution in [-0.4, -0.2) is 32.4 Å². The quantitative estimate of drug-likeness (QED) is 0.744. The van der Waals surface area contributed by atoms with Crippen molar-refractivity contribution in [2.24, 2.45) is 5.73 Å². The average Bonchev–Trinajstić information content (AvgIpc) is 2.65. The van der Waals surface area contributed by atoms with Gasteiger partial charge in [0.2, 0.25) is 0 Å². The van der Waals surface area contributed by atoms with Crippen LogP contribution in [0.25, 0.3) is 0 Å². The van der Waals surface area contributed by atoms with Gasteiger partial charge in [0, 0.05) is 29.9 Å². The number of carboxylic acid groups (broad SMARTS) is 1. The normalized spacial score (nSPS) is 12.7. The van der Waals surface area contributed by atoms with E-state index in [1.807, 2.05) is 11.5 Å². The predicted octanol–water partition coefficient (Wildman–Crippen LogP) is 0.548. The summed E-state index contributed by atoms with van der Waals surface area (Å²) in [6.45, 7) is 2.92. The summed E-state index contributed by atoms with van der Waals surface area (Å²) in [4.78, 5) is 14.5. The van der Waals surface area contributed by atoms with Crippen molar-refractivity contribution in [1.82, 2.24) is 9.55 Å². The van der Waals surface area contributed by atoms with E-state index in [0.29, 0.717) is 5.75 Å². The summed E-state index contributed by atoms with van der Waals surface area (Å²) >= 11 is 1.51. The number of aliphatic carboxylic acids is 1. The minimum Gasteiger partial charge on any atom is -0.480 e. The fourth-order valence-corrected chi connectivity index (χ4v) is 2.08. The van der Waals surface area contributed by atoms with E-state index in [4.69, 9.17) is 10.8 Å². The zero-order chi connectivity index (χ0) is 11.3. The van der Waals surface area contributed by atoms with E-state index >= 15 is 0 Å². The number of nitrogens with zero attached hydrogens (tertiary/aromatic N) is 2. The van der Waals surface area contributed by atoms with Gasteiger partial charge in [0.1, 0.15) is 6.04 Å².